The third-order valence-electron chi connectivity index (χ3n) is 4.40. The van der Waals surface area contributed by atoms with Gasteiger partial charge in [-0.05, 0) is 44.2 Å². The Morgan fingerprint density at radius 2 is 1.90 bits per heavy atom. The van der Waals surface area contributed by atoms with E-state index in [4.69, 9.17) is 23.4 Å². The number of hydrogen-bond donors (Lipinski definition) is 1. The van der Waals surface area contributed by atoms with E-state index in [2.05, 4.69) is 6.92 Å². The van der Waals surface area contributed by atoms with Crippen LogP contribution in [0.2, 0.25) is 0 Å². The Bertz CT molecular complexity index is 606. The maximum absolute atomic E-state index is 7.74. The topological polar surface area (TPSA) is 44.5 Å². The summed E-state index contributed by atoms with van der Waals surface area (Å²) >= 11 is 0. The van der Waals surface area contributed by atoms with E-state index in [1.807, 2.05) is 0 Å². The van der Waals surface area contributed by atoms with Crippen LogP contribution in [0, 0.1) is 5.41 Å². The lowest BCUT2D eigenvalue weighted by Gasteiger charge is -2.30. The van der Waals surface area contributed by atoms with Crippen molar-refractivity contribution in [1.82, 2.24) is 0 Å². The number of nitrogens with two attached hydrogens (primary N) is 1. The average Bonchev–Trinajstić information content (AvgIpc) is 2.99. The van der Waals surface area contributed by atoms with E-state index >= 15 is 0 Å². The molecule has 1 unspecified atom stereocenters. The van der Waals surface area contributed by atoms with Crippen LogP contribution < -0.4 is 10.5 Å². The predicted molar refractivity (Wildman–Crippen MR) is 86.5 cm³/mol. The number of methoxy groups -OCH3 is 1. The number of ether oxygens (including phenoxy) is 2. The fourth-order valence-corrected chi connectivity index (χ4v) is 2.76. The standard InChI is InChI=1S/C18H29NO2/c1-17(2,20-4)16(19)14-7-9-15(10-8-14)21-13-18(3)11-5-6-12-18/h7-10,16H,5-6,11-13,19H2,1-4H3/i1D3,2D3. The summed E-state index contributed by atoms with van der Waals surface area (Å²) in [4.78, 5) is 0. The monoisotopic (exact) mass is 297 g/mol. The molecule has 1 fully saturated rings. The first-order chi connectivity index (χ1) is 12.4. The zero-order valence-electron chi connectivity index (χ0n) is 18.8. The van der Waals surface area contributed by atoms with Crippen molar-refractivity contribution in [2.24, 2.45) is 11.1 Å². The molecule has 0 bridgehead atoms. The fraction of sp³-hybridized carbons (Fsp3) is 0.667. The molecule has 1 atom stereocenters. The highest BCUT2D eigenvalue weighted by Crippen LogP contribution is 2.38. The van der Waals surface area contributed by atoms with Crippen molar-refractivity contribution in [3.05, 3.63) is 29.8 Å². The van der Waals surface area contributed by atoms with Crippen LogP contribution in [0.1, 0.15) is 66.1 Å². The van der Waals surface area contributed by atoms with Crippen LogP contribution in [0.5, 0.6) is 5.75 Å². The Balaban J connectivity index is 2.21. The molecule has 0 aromatic heterocycles. The first-order valence-electron chi connectivity index (χ1n) is 10.4. The molecule has 3 nitrogen and oxygen atoms in total. The van der Waals surface area contributed by atoms with Gasteiger partial charge in [0, 0.05) is 20.7 Å². The van der Waals surface area contributed by atoms with Crippen LogP contribution in [0.25, 0.3) is 0 Å². The summed E-state index contributed by atoms with van der Waals surface area (Å²) in [7, 11) is 1.07. The van der Waals surface area contributed by atoms with Crippen molar-refractivity contribution >= 4 is 0 Å². The van der Waals surface area contributed by atoms with Gasteiger partial charge in [-0.2, -0.15) is 0 Å². The van der Waals surface area contributed by atoms with Crippen LogP contribution in [-0.4, -0.2) is 19.3 Å². The Morgan fingerprint density at radius 1 is 1.29 bits per heavy atom. The molecule has 0 amide bonds. The summed E-state index contributed by atoms with van der Waals surface area (Å²) in [6.07, 6.45) is 4.72. The largest absolute Gasteiger partial charge is 0.493 e. The maximum atomic E-state index is 7.74. The number of hydrogen-bond acceptors (Lipinski definition) is 3. The van der Waals surface area contributed by atoms with Crippen molar-refractivity contribution in [3.8, 4) is 5.75 Å². The third kappa shape index (κ3) is 3.98. The second-order valence-corrected chi connectivity index (χ2v) is 6.29. The van der Waals surface area contributed by atoms with Gasteiger partial charge in [0.15, 0.2) is 0 Å². The van der Waals surface area contributed by atoms with Crippen LogP contribution in [0.4, 0.5) is 0 Å². The van der Waals surface area contributed by atoms with Gasteiger partial charge in [0.2, 0.25) is 0 Å². The first kappa shape index (κ1) is 9.86. The van der Waals surface area contributed by atoms with E-state index in [-0.39, 0.29) is 5.41 Å². The molecule has 2 rings (SSSR count). The molecule has 1 aromatic rings. The molecule has 21 heavy (non-hydrogen) atoms. The molecule has 118 valence electrons. The molecular weight excluding hydrogens is 262 g/mol. The van der Waals surface area contributed by atoms with Gasteiger partial charge in [-0.15, -0.1) is 0 Å². The van der Waals surface area contributed by atoms with Gasteiger partial charge in [-0.1, -0.05) is 31.9 Å². The van der Waals surface area contributed by atoms with Crippen LogP contribution in [0.3, 0.4) is 0 Å². The minimum atomic E-state index is -2.93. The average molecular weight is 297 g/mol. The second-order valence-electron chi connectivity index (χ2n) is 6.29. The lowest BCUT2D eigenvalue weighted by molar-refractivity contribution is -0.0000481. The quantitative estimate of drug-likeness (QED) is 0.861. The number of benzene rings is 1. The summed E-state index contributed by atoms with van der Waals surface area (Å²) in [6.45, 7) is -3.04. The molecule has 0 aliphatic heterocycles. The minimum Gasteiger partial charge on any atom is -0.493 e. The van der Waals surface area contributed by atoms with E-state index in [1.165, 1.54) is 12.8 Å². The summed E-state index contributed by atoms with van der Waals surface area (Å²) in [5.41, 5.74) is 4.16. The Morgan fingerprint density at radius 3 is 2.43 bits per heavy atom. The highest BCUT2D eigenvalue weighted by Gasteiger charge is 2.30. The first-order valence-corrected chi connectivity index (χ1v) is 7.40. The van der Waals surface area contributed by atoms with E-state index in [9.17, 15) is 0 Å². The molecule has 2 N–H and O–H groups in total. The van der Waals surface area contributed by atoms with Crippen molar-refractivity contribution in [3.63, 3.8) is 0 Å². The molecule has 1 aliphatic carbocycles. The predicted octanol–water partition coefficient (Wildman–Crippen LogP) is 4.07. The van der Waals surface area contributed by atoms with E-state index in [0.717, 1.165) is 20.0 Å². The highest BCUT2D eigenvalue weighted by molar-refractivity contribution is 5.30. The van der Waals surface area contributed by atoms with Crippen LogP contribution in [-0.2, 0) is 4.74 Å². The van der Waals surface area contributed by atoms with Gasteiger partial charge in [0.25, 0.3) is 0 Å². The second kappa shape index (κ2) is 6.37. The molecule has 0 radical (unpaired) electrons. The minimum absolute atomic E-state index is 0.183. The Kier molecular flexibility index (Phi) is 2.99. The summed E-state index contributed by atoms with van der Waals surface area (Å²) in [5, 5.41) is 0. The Hall–Kier alpha value is -1.06. The van der Waals surface area contributed by atoms with Gasteiger partial charge in [-0.3, -0.25) is 0 Å². The van der Waals surface area contributed by atoms with E-state index in [0.29, 0.717) is 17.9 Å². The maximum Gasteiger partial charge on any atom is 0.119 e. The molecule has 0 spiro atoms. The van der Waals surface area contributed by atoms with E-state index < -0.39 is 25.3 Å². The molecular formula is C18H29NO2. The summed E-state index contributed by atoms with van der Waals surface area (Å²) < 4.78 is 57.4. The fourth-order valence-electron chi connectivity index (χ4n) is 2.76. The summed E-state index contributed by atoms with van der Waals surface area (Å²) in [5.74, 6) is 0.643. The molecule has 0 heterocycles. The van der Waals surface area contributed by atoms with Gasteiger partial charge in [0.1, 0.15) is 5.75 Å². The molecule has 1 aromatic carbocycles. The SMILES string of the molecule is [2H]C([2H])([2H])C(OC)(C(N)c1ccc(OCC2(C)CCCC2)cc1)C([2H])([2H])[2H]. The van der Waals surface area contributed by atoms with Gasteiger partial charge >= 0.3 is 0 Å². The van der Waals surface area contributed by atoms with Crippen LogP contribution >= 0.6 is 0 Å². The normalized spacial score (nSPS) is 24.9. The van der Waals surface area contributed by atoms with Crippen molar-refractivity contribution in [1.29, 1.82) is 0 Å². The zero-order chi connectivity index (χ0) is 20.5. The smallest absolute Gasteiger partial charge is 0.119 e. The van der Waals surface area contributed by atoms with Crippen molar-refractivity contribution in [2.45, 2.75) is 58.0 Å². The molecule has 1 saturated carbocycles. The zero-order valence-corrected chi connectivity index (χ0v) is 12.8. The lowest BCUT2D eigenvalue weighted by atomic mass is 9.90. The third-order valence-corrected chi connectivity index (χ3v) is 4.40. The van der Waals surface area contributed by atoms with E-state index in [1.54, 1.807) is 24.3 Å². The Labute approximate surface area is 137 Å². The summed E-state index contributed by atoms with van der Waals surface area (Å²) in [6, 6.07) is 5.22. The lowest BCUT2D eigenvalue weighted by Crippen LogP contribution is -2.37. The molecule has 1 aliphatic rings. The van der Waals surface area contributed by atoms with Gasteiger partial charge in [0.05, 0.1) is 18.2 Å². The molecule has 0 saturated heterocycles. The molecule has 3 heteroatoms. The van der Waals surface area contributed by atoms with Gasteiger partial charge in [-0.25, -0.2) is 0 Å². The van der Waals surface area contributed by atoms with Crippen molar-refractivity contribution in [2.75, 3.05) is 13.7 Å². The highest BCUT2D eigenvalue weighted by atomic mass is 16.5. The number of rotatable bonds is 6. The van der Waals surface area contributed by atoms with Gasteiger partial charge < -0.3 is 15.2 Å². The van der Waals surface area contributed by atoms with Crippen molar-refractivity contribution < 1.29 is 17.7 Å². The van der Waals surface area contributed by atoms with Crippen LogP contribution in [0.15, 0.2) is 24.3 Å².